The molecule has 10 heteroatoms. The van der Waals surface area contributed by atoms with Crippen LogP contribution in [0.1, 0.15) is 50.2 Å². The molecule has 0 bridgehead atoms. The van der Waals surface area contributed by atoms with Crippen molar-refractivity contribution >= 4 is 27.5 Å². The number of sulfonamides is 1. The van der Waals surface area contributed by atoms with Gasteiger partial charge in [-0.25, -0.2) is 12.8 Å². The number of hydrogen-bond acceptors (Lipinski definition) is 5. The van der Waals surface area contributed by atoms with E-state index in [0.29, 0.717) is 17.1 Å². The predicted octanol–water partition coefficient (Wildman–Crippen LogP) is 6.99. The number of aryl methyl sites for hydroxylation is 1. The number of halogens is 1. The average molecular weight is 658 g/mol. The minimum Gasteiger partial charge on any atom is -0.457 e. The highest BCUT2D eigenvalue weighted by Gasteiger charge is 2.33. The molecule has 0 unspecified atom stereocenters. The Morgan fingerprint density at radius 2 is 1.47 bits per heavy atom. The minimum atomic E-state index is -4.22. The van der Waals surface area contributed by atoms with E-state index in [1.54, 1.807) is 55.5 Å². The summed E-state index contributed by atoms with van der Waals surface area (Å²) in [4.78, 5) is 29.1. The molecule has 4 aromatic rings. The largest absolute Gasteiger partial charge is 0.457 e. The van der Waals surface area contributed by atoms with E-state index in [0.717, 1.165) is 42.0 Å². The number of amides is 2. The number of carbonyl (C=O) groups is 2. The summed E-state index contributed by atoms with van der Waals surface area (Å²) in [5.74, 6) is -0.213. The lowest BCUT2D eigenvalue weighted by molar-refractivity contribution is -0.139. The molecule has 8 nitrogen and oxygen atoms in total. The van der Waals surface area contributed by atoms with Crippen molar-refractivity contribution in [2.45, 2.75) is 69.5 Å². The zero-order valence-electron chi connectivity index (χ0n) is 26.6. The summed E-state index contributed by atoms with van der Waals surface area (Å²) in [7, 11) is -4.22. The number of para-hydroxylation sites is 1. The second-order valence-corrected chi connectivity index (χ2v) is 13.8. The lowest BCUT2D eigenvalue weighted by Gasteiger charge is -2.33. The summed E-state index contributed by atoms with van der Waals surface area (Å²) in [6.07, 6.45) is 4.92. The van der Waals surface area contributed by atoms with Gasteiger partial charge in [-0.1, -0.05) is 67.3 Å². The molecule has 0 heterocycles. The van der Waals surface area contributed by atoms with Gasteiger partial charge in [0, 0.05) is 12.6 Å². The van der Waals surface area contributed by atoms with Gasteiger partial charge in [0.05, 0.1) is 10.6 Å². The van der Waals surface area contributed by atoms with Crippen molar-refractivity contribution in [3.8, 4) is 11.5 Å². The van der Waals surface area contributed by atoms with Crippen LogP contribution in [0.4, 0.5) is 10.1 Å². The van der Waals surface area contributed by atoms with Gasteiger partial charge < -0.3 is 15.0 Å². The van der Waals surface area contributed by atoms with Crippen LogP contribution in [0, 0.1) is 12.7 Å². The summed E-state index contributed by atoms with van der Waals surface area (Å²) in [6.45, 7) is 2.91. The lowest BCUT2D eigenvalue weighted by atomic mass is 9.95. The Balaban J connectivity index is 1.46. The first-order chi connectivity index (χ1) is 22.6. The number of anilines is 1. The van der Waals surface area contributed by atoms with Gasteiger partial charge in [-0.05, 0) is 92.9 Å². The Labute approximate surface area is 276 Å². The topological polar surface area (TPSA) is 96.0 Å². The van der Waals surface area contributed by atoms with Gasteiger partial charge in [-0.3, -0.25) is 13.9 Å². The smallest absolute Gasteiger partial charge is 0.264 e. The molecule has 1 saturated carbocycles. The van der Waals surface area contributed by atoms with Crippen LogP contribution in [0.2, 0.25) is 0 Å². The Hall–Kier alpha value is -4.70. The molecule has 246 valence electrons. The monoisotopic (exact) mass is 657 g/mol. The Morgan fingerprint density at radius 1 is 0.851 bits per heavy atom. The number of nitrogens with one attached hydrogen (secondary N) is 1. The van der Waals surface area contributed by atoms with E-state index in [1.807, 2.05) is 37.3 Å². The van der Waals surface area contributed by atoms with Gasteiger partial charge in [-0.15, -0.1) is 0 Å². The first-order valence-corrected chi connectivity index (χ1v) is 17.3. The molecule has 1 aliphatic rings. The van der Waals surface area contributed by atoms with Crippen molar-refractivity contribution in [1.82, 2.24) is 10.2 Å². The Kier molecular flexibility index (Phi) is 10.9. The molecule has 4 aromatic carbocycles. The third kappa shape index (κ3) is 8.77. The van der Waals surface area contributed by atoms with E-state index in [2.05, 4.69) is 5.32 Å². The zero-order valence-corrected chi connectivity index (χ0v) is 27.5. The molecule has 1 N–H and O–H groups in total. The molecular weight excluding hydrogens is 617 g/mol. The van der Waals surface area contributed by atoms with Gasteiger partial charge in [0.2, 0.25) is 11.8 Å². The fourth-order valence-electron chi connectivity index (χ4n) is 5.61. The summed E-state index contributed by atoms with van der Waals surface area (Å²) in [5.41, 5.74) is 1.74. The van der Waals surface area contributed by atoms with E-state index >= 15 is 0 Å². The van der Waals surface area contributed by atoms with Crippen LogP contribution in [0.5, 0.6) is 11.5 Å². The van der Waals surface area contributed by atoms with Gasteiger partial charge in [0.15, 0.2) is 0 Å². The van der Waals surface area contributed by atoms with Crippen LogP contribution < -0.4 is 14.4 Å². The Bertz CT molecular complexity index is 1740. The van der Waals surface area contributed by atoms with E-state index in [9.17, 15) is 22.4 Å². The molecule has 0 aliphatic heterocycles. The van der Waals surface area contributed by atoms with E-state index < -0.39 is 34.3 Å². The number of nitrogens with zero attached hydrogens (tertiary/aromatic N) is 2. The number of hydrogen-bond donors (Lipinski definition) is 1. The van der Waals surface area contributed by atoms with Crippen molar-refractivity contribution in [3.05, 3.63) is 120 Å². The van der Waals surface area contributed by atoms with Crippen LogP contribution in [-0.4, -0.2) is 43.8 Å². The van der Waals surface area contributed by atoms with Gasteiger partial charge in [0.25, 0.3) is 10.0 Å². The van der Waals surface area contributed by atoms with Crippen molar-refractivity contribution in [2.24, 2.45) is 0 Å². The van der Waals surface area contributed by atoms with Crippen LogP contribution in [0.15, 0.2) is 108 Å². The summed E-state index contributed by atoms with van der Waals surface area (Å²) >= 11 is 0. The second-order valence-electron chi connectivity index (χ2n) is 11.9. The lowest BCUT2D eigenvalue weighted by Crippen LogP contribution is -2.53. The van der Waals surface area contributed by atoms with Crippen molar-refractivity contribution in [1.29, 1.82) is 0 Å². The Morgan fingerprint density at radius 3 is 2.11 bits per heavy atom. The second kappa shape index (κ2) is 15.3. The quantitative estimate of drug-likeness (QED) is 0.177. The standard InChI is InChI=1S/C37H40FN3O5S/c1-27-13-23-35(24-14-27)47(44,45)41(32-19-21-34(22-20-32)46-33-11-7-4-8-12-33)26-36(42)40(25-29-15-17-30(38)18-16-29)28(2)37(43)39-31-9-5-3-6-10-31/h4,7-8,11-24,28,31H,3,5-6,9-10,25-26H2,1-2H3,(H,39,43)/t28-/m0/s1. The third-order valence-corrected chi connectivity index (χ3v) is 10.2. The SMILES string of the molecule is Cc1ccc(S(=O)(=O)N(CC(=O)N(Cc2ccc(F)cc2)[C@@H](C)C(=O)NC2CCCCC2)c2ccc(Oc3ccccc3)cc2)cc1. The highest BCUT2D eigenvalue weighted by atomic mass is 32.2. The first-order valence-electron chi connectivity index (χ1n) is 15.9. The maximum atomic E-state index is 14.2. The summed E-state index contributed by atoms with van der Waals surface area (Å²) in [5, 5.41) is 3.08. The number of carbonyl (C=O) groups excluding carboxylic acids is 2. The molecule has 1 aliphatic carbocycles. The van der Waals surface area contributed by atoms with Crippen molar-refractivity contribution < 1.29 is 27.1 Å². The third-order valence-electron chi connectivity index (χ3n) is 8.38. The van der Waals surface area contributed by atoms with Gasteiger partial charge in [-0.2, -0.15) is 0 Å². The highest BCUT2D eigenvalue weighted by Crippen LogP contribution is 2.29. The number of rotatable bonds is 12. The van der Waals surface area contributed by atoms with Crippen LogP contribution in [-0.2, 0) is 26.2 Å². The molecule has 0 saturated heterocycles. The summed E-state index contributed by atoms with van der Waals surface area (Å²) < 4.78 is 49.0. The molecule has 0 aromatic heterocycles. The molecular formula is C37H40FN3O5S. The first kappa shape index (κ1) is 33.7. The van der Waals surface area contributed by atoms with Crippen molar-refractivity contribution in [2.75, 3.05) is 10.8 Å². The van der Waals surface area contributed by atoms with E-state index in [1.165, 1.54) is 29.2 Å². The molecule has 1 atom stereocenters. The van der Waals surface area contributed by atoms with E-state index in [4.69, 9.17) is 4.74 Å². The zero-order chi connectivity index (χ0) is 33.4. The van der Waals surface area contributed by atoms with E-state index in [-0.39, 0.29) is 29.1 Å². The molecule has 0 spiro atoms. The normalized spacial score (nSPS) is 14.2. The van der Waals surface area contributed by atoms with Crippen LogP contribution in [0.3, 0.4) is 0 Å². The maximum Gasteiger partial charge on any atom is 0.264 e. The van der Waals surface area contributed by atoms with Crippen molar-refractivity contribution in [3.63, 3.8) is 0 Å². The maximum absolute atomic E-state index is 14.2. The molecule has 47 heavy (non-hydrogen) atoms. The summed E-state index contributed by atoms with van der Waals surface area (Å²) in [6, 6.07) is 26.8. The number of ether oxygens (including phenoxy) is 1. The predicted molar refractivity (Wildman–Crippen MR) is 180 cm³/mol. The molecule has 1 fully saturated rings. The van der Waals surface area contributed by atoms with Gasteiger partial charge in [0.1, 0.15) is 29.9 Å². The number of benzene rings is 4. The van der Waals surface area contributed by atoms with Gasteiger partial charge >= 0.3 is 0 Å². The van der Waals surface area contributed by atoms with Crippen LogP contribution >= 0.6 is 0 Å². The minimum absolute atomic E-state index is 0.0133. The highest BCUT2D eigenvalue weighted by molar-refractivity contribution is 7.92. The molecule has 5 rings (SSSR count). The molecule has 0 radical (unpaired) electrons. The fraction of sp³-hybridized carbons (Fsp3) is 0.297. The molecule has 2 amide bonds. The average Bonchev–Trinajstić information content (AvgIpc) is 3.08. The van der Waals surface area contributed by atoms with Crippen LogP contribution in [0.25, 0.3) is 0 Å². The fourth-order valence-corrected chi connectivity index (χ4v) is 7.02.